The largest absolute Gasteiger partial charge is 0.326 e. The van der Waals surface area contributed by atoms with Crippen molar-refractivity contribution >= 4 is 10.0 Å². The van der Waals surface area contributed by atoms with Gasteiger partial charge >= 0.3 is 0 Å². The topological polar surface area (TPSA) is 63.4 Å². The van der Waals surface area contributed by atoms with E-state index in [4.69, 9.17) is 5.73 Å². The molecule has 0 aromatic heterocycles. The molecule has 2 rings (SSSR count). The molecule has 19 heavy (non-hydrogen) atoms. The Morgan fingerprint density at radius 3 is 2.21 bits per heavy atom. The van der Waals surface area contributed by atoms with Crippen molar-refractivity contribution in [2.45, 2.75) is 43.5 Å². The molecule has 1 aliphatic heterocycles. The van der Waals surface area contributed by atoms with Crippen LogP contribution in [0.2, 0.25) is 0 Å². The molecule has 1 unspecified atom stereocenters. The van der Waals surface area contributed by atoms with Gasteiger partial charge in [-0.25, -0.2) is 8.42 Å². The number of rotatable bonds is 2. The number of hydrogen-bond acceptors (Lipinski definition) is 3. The number of benzene rings is 1. The van der Waals surface area contributed by atoms with Crippen molar-refractivity contribution in [1.82, 2.24) is 4.31 Å². The van der Waals surface area contributed by atoms with E-state index in [1.807, 2.05) is 12.1 Å². The molecule has 2 N–H and O–H groups in total. The maximum absolute atomic E-state index is 12.4. The second kappa shape index (κ2) is 4.89. The van der Waals surface area contributed by atoms with Crippen molar-refractivity contribution in [2.24, 2.45) is 5.73 Å². The third-order valence-corrected chi connectivity index (χ3v) is 5.42. The molecule has 0 amide bonds. The summed E-state index contributed by atoms with van der Waals surface area (Å²) in [5.41, 5.74) is 6.93. The van der Waals surface area contributed by atoms with Gasteiger partial charge in [0.25, 0.3) is 0 Å². The minimum absolute atomic E-state index is 0.0261. The lowest BCUT2D eigenvalue weighted by atomic mass is 9.87. The summed E-state index contributed by atoms with van der Waals surface area (Å²) in [6.45, 7) is 7.26. The molecule has 106 valence electrons. The highest BCUT2D eigenvalue weighted by molar-refractivity contribution is 7.89. The van der Waals surface area contributed by atoms with E-state index >= 15 is 0 Å². The molecule has 1 aromatic carbocycles. The van der Waals surface area contributed by atoms with Crippen LogP contribution >= 0.6 is 0 Å². The molecule has 5 heteroatoms. The Balaban J connectivity index is 2.27. The summed E-state index contributed by atoms with van der Waals surface area (Å²) in [6.07, 6.45) is 0.735. The van der Waals surface area contributed by atoms with Gasteiger partial charge in [-0.2, -0.15) is 4.31 Å². The first-order valence-electron chi connectivity index (χ1n) is 6.57. The summed E-state index contributed by atoms with van der Waals surface area (Å²) in [4.78, 5) is 0.356. The van der Waals surface area contributed by atoms with Crippen molar-refractivity contribution in [1.29, 1.82) is 0 Å². The first kappa shape index (κ1) is 14.5. The Morgan fingerprint density at radius 2 is 1.79 bits per heavy atom. The molecule has 0 radical (unpaired) electrons. The van der Waals surface area contributed by atoms with Gasteiger partial charge in [0, 0.05) is 19.1 Å². The van der Waals surface area contributed by atoms with Crippen LogP contribution < -0.4 is 5.73 Å². The van der Waals surface area contributed by atoms with Crippen LogP contribution in [-0.2, 0) is 15.4 Å². The Kier molecular flexibility index (Phi) is 3.73. The van der Waals surface area contributed by atoms with Crippen molar-refractivity contribution < 1.29 is 8.42 Å². The van der Waals surface area contributed by atoms with Crippen LogP contribution in [0, 0.1) is 0 Å². The van der Waals surface area contributed by atoms with E-state index < -0.39 is 10.0 Å². The molecule has 0 spiro atoms. The lowest BCUT2D eigenvalue weighted by molar-refractivity contribution is 0.472. The quantitative estimate of drug-likeness (QED) is 0.898. The van der Waals surface area contributed by atoms with Gasteiger partial charge in [0.2, 0.25) is 10.0 Å². The highest BCUT2D eigenvalue weighted by atomic mass is 32.2. The predicted molar refractivity (Wildman–Crippen MR) is 76.5 cm³/mol. The maximum Gasteiger partial charge on any atom is 0.243 e. The normalized spacial score (nSPS) is 21.8. The van der Waals surface area contributed by atoms with E-state index in [1.165, 1.54) is 4.31 Å². The van der Waals surface area contributed by atoms with Gasteiger partial charge in [0.15, 0.2) is 0 Å². The standard InChI is InChI=1S/C14H22N2O2S/c1-14(2,3)11-4-6-13(7-5-11)19(17,18)16-9-8-12(15)10-16/h4-7,12H,8-10,15H2,1-3H3. The molecular weight excluding hydrogens is 260 g/mol. The zero-order valence-corrected chi connectivity index (χ0v) is 12.6. The lowest BCUT2D eigenvalue weighted by Crippen LogP contribution is -2.32. The maximum atomic E-state index is 12.4. The number of nitrogens with zero attached hydrogens (tertiary/aromatic N) is 1. The van der Waals surface area contributed by atoms with Crippen LogP contribution in [0.5, 0.6) is 0 Å². The molecule has 1 atom stereocenters. The number of nitrogens with two attached hydrogens (primary N) is 1. The van der Waals surface area contributed by atoms with Crippen LogP contribution in [0.4, 0.5) is 0 Å². The smallest absolute Gasteiger partial charge is 0.243 e. The van der Waals surface area contributed by atoms with E-state index in [9.17, 15) is 8.42 Å². The van der Waals surface area contributed by atoms with Gasteiger partial charge in [-0.15, -0.1) is 0 Å². The monoisotopic (exact) mass is 282 g/mol. The second-order valence-electron chi connectivity index (χ2n) is 6.19. The predicted octanol–water partition coefficient (Wildman–Crippen LogP) is 1.71. The van der Waals surface area contributed by atoms with E-state index in [0.29, 0.717) is 18.0 Å². The molecule has 1 saturated heterocycles. The Morgan fingerprint density at radius 1 is 1.21 bits per heavy atom. The van der Waals surface area contributed by atoms with Crippen molar-refractivity contribution in [3.63, 3.8) is 0 Å². The van der Waals surface area contributed by atoms with Gasteiger partial charge in [-0.05, 0) is 29.5 Å². The minimum atomic E-state index is -3.38. The van der Waals surface area contributed by atoms with Gasteiger partial charge in [-0.3, -0.25) is 0 Å². The lowest BCUT2D eigenvalue weighted by Gasteiger charge is -2.20. The zero-order valence-electron chi connectivity index (χ0n) is 11.8. The summed E-state index contributed by atoms with van der Waals surface area (Å²) in [5, 5.41) is 0. The Hall–Kier alpha value is -0.910. The van der Waals surface area contributed by atoms with Gasteiger partial charge < -0.3 is 5.73 Å². The number of hydrogen-bond donors (Lipinski definition) is 1. The summed E-state index contributed by atoms with van der Waals surface area (Å²) in [7, 11) is -3.38. The van der Waals surface area contributed by atoms with E-state index in [0.717, 1.165) is 12.0 Å². The van der Waals surface area contributed by atoms with E-state index in [1.54, 1.807) is 12.1 Å². The number of sulfonamides is 1. The van der Waals surface area contributed by atoms with Crippen molar-refractivity contribution in [3.8, 4) is 0 Å². The van der Waals surface area contributed by atoms with Crippen LogP contribution in [0.3, 0.4) is 0 Å². The summed E-state index contributed by atoms with van der Waals surface area (Å²) >= 11 is 0. The minimum Gasteiger partial charge on any atom is -0.326 e. The molecule has 0 saturated carbocycles. The molecule has 0 aliphatic carbocycles. The zero-order chi connectivity index (χ0) is 14.3. The highest BCUT2D eigenvalue weighted by Crippen LogP contribution is 2.25. The van der Waals surface area contributed by atoms with Gasteiger partial charge in [0.1, 0.15) is 0 Å². The fourth-order valence-corrected chi connectivity index (χ4v) is 3.76. The summed E-state index contributed by atoms with van der Waals surface area (Å²) in [6, 6.07) is 7.13. The van der Waals surface area contributed by atoms with Crippen molar-refractivity contribution in [3.05, 3.63) is 29.8 Å². The van der Waals surface area contributed by atoms with Crippen LogP contribution in [0.1, 0.15) is 32.8 Å². The van der Waals surface area contributed by atoms with E-state index in [-0.39, 0.29) is 11.5 Å². The van der Waals surface area contributed by atoms with Crippen molar-refractivity contribution in [2.75, 3.05) is 13.1 Å². The summed E-state index contributed by atoms with van der Waals surface area (Å²) in [5.74, 6) is 0. The molecule has 0 bridgehead atoms. The third kappa shape index (κ3) is 2.99. The molecule has 1 heterocycles. The average molecular weight is 282 g/mol. The van der Waals surface area contributed by atoms with E-state index in [2.05, 4.69) is 20.8 Å². The van der Waals surface area contributed by atoms with Gasteiger partial charge in [0.05, 0.1) is 4.90 Å². The summed E-state index contributed by atoms with van der Waals surface area (Å²) < 4.78 is 26.3. The highest BCUT2D eigenvalue weighted by Gasteiger charge is 2.30. The van der Waals surface area contributed by atoms with Crippen LogP contribution in [0.25, 0.3) is 0 Å². The first-order valence-corrected chi connectivity index (χ1v) is 8.01. The Bertz CT molecular complexity index is 544. The fourth-order valence-electron chi connectivity index (χ4n) is 2.25. The molecule has 1 fully saturated rings. The average Bonchev–Trinajstić information content (AvgIpc) is 2.76. The molecular formula is C14H22N2O2S. The van der Waals surface area contributed by atoms with Crippen LogP contribution in [-0.4, -0.2) is 31.9 Å². The fraction of sp³-hybridized carbons (Fsp3) is 0.571. The van der Waals surface area contributed by atoms with Crippen LogP contribution in [0.15, 0.2) is 29.2 Å². The van der Waals surface area contributed by atoms with Gasteiger partial charge in [-0.1, -0.05) is 32.9 Å². The first-order chi connectivity index (χ1) is 8.71. The molecule has 1 aliphatic rings. The SMILES string of the molecule is CC(C)(C)c1ccc(S(=O)(=O)N2CCC(N)C2)cc1. The second-order valence-corrected chi connectivity index (χ2v) is 8.12. The molecule has 1 aromatic rings. The third-order valence-electron chi connectivity index (χ3n) is 3.55. The molecule has 4 nitrogen and oxygen atoms in total. The Labute approximate surface area is 115 Å².